The van der Waals surface area contributed by atoms with E-state index in [4.69, 9.17) is 23.8 Å². The second kappa shape index (κ2) is 14.6. The Morgan fingerprint density at radius 3 is 1.71 bits per heavy atom. The number of para-hydroxylation sites is 2. The fourth-order valence-corrected chi connectivity index (χ4v) is 10.8. The van der Waals surface area contributed by atoms with Crippen LogP contribution in [0.1, 0.15) is 0 Å². The van der Waals surface area contributed by atoms with Gasteiger partial charge in [-0.3, -0.25) is 0 Å². The number of hydrogen-bond acceptors (Lipinski definition) is 5. The van der Waals surface area contributed by atoms with Gasteiger partial charge in [-0.2, -0.15) is 0 Å². The SMILES string of the molecule is c1ccc(-c2ccc(-c3nc(-c4ccc5oc6cc7ccccc7cc6c5c4-n4c5cc6ccccc6cc5c5c6ccccc6ccc54)nc(-c4cccc5c4oc4ccccc45)n3)cc2)cc1. The zero-order valence-corrected chi connectivity index (χ0v) is 36.9. The fraction of sp³-hybridized carbons (Fsp3) is 0. The van der Waals surface area contributed by atoms with Crippen LogP contribution in [0.4, 0.5) is 0 Å². The number of aromatic nitrogens is 4. The van der Waals surface area contributed by atoms with Gasteiger partial charge in [0.2, 0.25) is 0 Å². The molecule has 69 heavy (non-hydrogen) atoms. The third kappa shape index (κ3) is 5.76. The van der Waals surface area contributed by atoms with Crippen LogP contribution in [0.3, 0.4) is 0 Å². The summed E-state index contributed by atoms with van der Waals surface area (Å²) in [6.45, 7) is 0. The Kier molecular flexibility index (Phi) is 7.97. The molecular formula is C63H36N4O2. The smallest absolute Gasteiger partial charge is 0.167 e. The van der Waals surface area contributed by atoms with Crippen LogP contribution in [-0.2, 0) is 0 Å². The second-order valence-corrected chi connectivity index (χ2v) is 17.9. The highest BCUT2D eigenvalue weighted by molar-refractivity contribution is 6.25. The molecule has 320 valence electrons. The Bertz CT molecular complexity index is 4600. The van der Waals surface area contributed by atoms with Crippen molar-refractivity contribution in [3.63, 3.8) is 0 Å². The van der Waals surface area contributed by atoms with Gasteiger partial charge >= 0.3 is 0 Å². The van der Waals surface area contributed by atoms with Gasteiger partial charge in [-0.1, -0.05) is 164 Å². The van der Waals surface area contributed by atoms with E-state index < -0.39 is 0 Å². The third-order valence-corrected chi connectivity index (χ3v) is 14.0. The number of fused-ring (bicyclic) bond motifs is 13. The van der Waals surface area contributed by atoms with Gasteiger partial charge in [0.25, 0.3) is 0 Å². The molecule has 0 aliphatic carbocycles. The van der Waals surface area contributed by atoms with Crippen LogP contribution in [0.2, 0.25) is 0 Å². The van der Waals surface area contributed by atoms with Crippen LogP contribution >= 0.6 is 0 Å². The molecule has 0 N–H and O–H groups in total. The summed E-state index contributed by atoms with van der Waals surface area (Å²) in [5, 5.41) is 13.3. The Labute approximate surface area is 394 Å². The van der Waals surface area contributed by atoms with Gasteiger partial charge in [0.05, 0.1) is 27.7 Å². The maximum atomic E-state index is 6.89. The predicted octanol–water partition coefficient (Wildman–Crippen LogP) is 16.9. The number of hydrogen-bond donors (Lipinski definition) is 0. The molecule has 15 aromatic rings. The van der Waals surface area contributed by atoms with Crippen LogP contribution in [0.25, 0.3) is 149 Å². The molecule has 4 aromatic heterocycles. The average molecular weight is 881 g/mol. The van der Waals surface area contributed by atoms with E-state index in [9.17, 15) is 0 Å². The van der Waals surface area contributed by atoms with E-state index in [1.54, 1.807) is 0 Å². The van der Waals surface area contributed by atoms with Crippen LogP contribution in [0.15, 0.2) is 227 Å². The topological polar surface area (TPSA) is 69.9 Å². The van der Waals surface area contributed by atoms with Crippen molar-refractivity contribution in [1.82, 2.24) is 19.5 Å². The molecule has 0 radical (unpaired) electrons. The minimum absolute atomic E-state index is 0.514. The lowest BCUT2D eigenvalue weighted by Crippen LogP contribution is -2.04. The van der Waals surface area contributed by atoms with Crippen molar-refractivity contribution in [2.75, 3.05) is 0 Å². The molecule has 0 amide bonds. The molecule has 0 spiro atoms. The summed E-state index contributed by atoms with van der Waals surface area (Å²) >= 11 is 0. The van der Waals surface area contributed by atoms with E-state index in [0.717, 1.165) is 110 Å². The zero-order valence-electron chi connectivity index (χ0n) is 36.9. The summed E-state index contributed by atoms with van der Waals surface area (Å²) in [6, 6.07) is 76.9. The molecule has 15 rings (SSSR count). The van der Waals surface area contributed by atoms with Crippen LogP contribution < -0.4 is 0 Å². The molecule has 0 aliphatic heterocycles. The van der Waals surface area contributed by atoms with Gasteiger partial charge < -0.3 is 13.4 Å². The standard InChI is InChI=1S/C63H36N4O2/c1-2-13-37(14-3-1)38-25-27-40(28-26-38)61-64-62(66-63(65-61)49-23-12-22-47-46-21-10-11-24-54(46)69-60(47)49)48-30-32-55-58(51-34-42-17-5-7-19-44(42)36-56(51)68-55)59(48)67-52-31-29-39-15-8-9-20-45(39)57(52)50-33-41-16-4-6-18-43(41)35-53(50)67/h1-36H. The molecule has 6 nitrogen and oxygen atoms in total. The van der Waals surface area contributed by atoms with Gasteiger partial charge in [-0.15, -0.1) is 0 Å². The zero-order chi connectivity index (χ0) is 45.2. The molecule has 11 aromatic carbocycles. The molecule has 0 aliphatic rings. The number of nitrogens with zero attached hydrogens (tertiary/aromatic N) is 4. The minimum Gasteiger partial charge on any atom is -0.456 e. The molecule has 0 saturated heterocycles. The molecule has 0 atom stereocenters. The van der Waals surface area contributed by atoms with Crippen LogP contribution in [0.5, 0.6) is 0 Å². The van der Waals surface area contributed by atoms with Crippen molar-refractivity contribution >= 4 is 98.0 Å². The first-order valence-corrected chi connectivity index (χ1v) is 23.2. The number of benzene rings is 11. The molecule has 6 heteroatoms. The van der Waals surface area contributed by atoms with Crippen molar-refractivity contribution in [2.45, 2.75) is 0 Å². The molecule has 4 heterocycles. The Morgan fingerprint density at radius 2 is 0.913 bits per heavy atom. The monoisotopic (exact) mass is 880 g/mol. The summed E-state index contributed by atoms with van der Waals surface area (Å²) in [5.41, 5.74) is 10.9. The summed E-state index contributed by atoms with van der Waals surface area (Å²) < 4.78 is 16.0. The average Bonchev–Trinajstić information content (AvgIpc) is 4.08. The minimum atomic E-state index is 0.514. The molecule has 0 unspecified atom stereocenters. The molecule has 0 bridgehead atoms. The largest absolute Gasteiger partial charge is 0.456 e. The van der Waals surface area contributed by atoms with E-state index in [1.807, 2.05) is 30.3 Å². The quantitative estimate of drug-likeness (QED) is 0.172. The summed E-state index contributed by atoms with van der Waals surface area (Å²) in [7, 11) is 0. The van der Waals surface area contributed by atoms with Crippen LogP contribution in [-0.4, -0.2) is 19.5 Å². The normalized spacial score (nSPS) is 12.1. The maximum Gasteiger partial charge on any atom is 0.167 e. The lowest BCUT2D eigenvalue weighted by atomic mass is 10.0. The fourth-order valence-electron chi connectivity index (χ4n) is 10.8. The van der Waals surface area contributed by atoms with Gasteiger partial charge in [0, 0.05) is 38.1 Å². The maximum absolute atomic E-state index is 6.89. The Balaban J connectivity index is 1.09. The molecule has 0 saturated carbocycles. The first-order chi connectivity index (χ1) is 34.2. The molecular weight excluding hydrogens is 845 g/mol. The highest BCUT2D eigenvalue weighted by Crippen LogP contribution is 2.46. The van der Waals surface area contributed by atoms with E-state index in [2.05, 4.69) is 193 Å². The lowest BCUT2D eigenvalue weighted by molar-refractivity contribution is 0.669. The van der Waals surface area contributed by atoms with E-state index in [-0.39, 0.29) is 0 Å². The first kappa shape index (κ1) is 37.8. The van der Waals surface area contributed by atoms with Crippen molar-refractivity contribution < 1.29 is 8.83 Å². The predicted molar refractivity (Wildman–Crippen MR) is 283 cm³/mol. The van der Waals surface area contributed by atoms with Crippen molar-refractivity contribution in [1.29, 1.82) is 0 Å². The highest BCUT2D eigenvalue weighted by Gasteiger charge is 2.26. The Hall–Kier alpha value is -9.39. The first-order valence-electron chi connectivity index (χ1n) is 23.2. The Morgan fingerprint density at radius 1 is 0.304 bits per heavy atom. The number of furan rings is 2. The molecule has 0 fully saturated rings. The summed E-state index contributed by atoms with van der Waals surface area (Å²) in [5.74, 6) is 1.59. The van der Waals surface area contributed by atoms with E-state index >= 15 is 0 Å². The summed E-state index contributed by atoms with van der Waals surface area (Å²) in [4.78, 5) is 16.3. The van der Waals surface area contributed by atoms with E-state index in [1.165, 1.54) is 21.5 Å². The van der Waals surface area contributed by atoms with Gasteiger partial charge in [0.15, 0.2) is 17.5 Å². The van der Waals surface area contributed by atoms with Crippen LogP contribution in [0, 0.1) is 0 Å². The lowest BCUT2D eigenvalue weighted by Gasteiger charge is -2.16. The van der Waals surface area contributed by atoms with Crippen molar-refractivity contribution in [3.05, 3.63) is 218 Å². The summed E-state index contributed by atoms with van der Waals surface area (Å²) in [6.07, 6.45) is 0. The van der Waals surface area contributed by atoms with Gasteiger partial charge in [-0.05, 0) is 98.0 Å². The number of rotatable bonds is 5. The van der Waals surface area contributed by atoms with Crippen molar-refractivity contribution in [3.8, 4) is 51.0 Å². The highest BCUT2D eigenvalue weighted by atomic mass is 16.3. The second-order valence-electron chi connectivity index (χ2n) is 17.9. The van der Waals surface area contributed by atoms with Crippen molar-refractivity contribution in [2.24, 2.45) is 0 Å². The van der Waals surface area contributed by atoms with Gasteiger partial charge in [-0.25, -0.2) is 15.0 Å². The third-order valence-electron chi connectivity index (χ3n) is 14.0. The van der Waals surface area contributed by atoms with E-state index in [0.29, 0.717) is 17.5 Å². The van der Waals surface area contributed by atoms with Gasteiger partial charge in [0.1, 0.15) is 22.3 Å².